The quantitative estimate of drug-likeness (QED) is 0.613. The number of hydrogen-bond acceptors (Lipinski definition) is 0. The number of halogens is 4. The van der Waals surface area contributed by atoms with Crippen LogP contribution in [0.4, 0.5) is 13.2 Å². The van der Waals surface area contributed by atoms with E-state index in [9.17, 15) is 13.2 Å². The molecule has 0 aromatic heterocycles. The molecule has 0 aromatic rings. The molecule has 0 N–H and O–H groups in total. The fourth-order valence-corrected chi connectivity index (χ4v) is 0.539. The number of rotatable bonds is 1. The lowest BCUT2D eigenvalue weighted by molar-refractivity contribution is -0.0801. The van der Waals surface area contributed by atoms with Gasteiger partial charge >= 0.3 is 6.18 Å². The molecule has 4 heteroatoms. The van der Waals surface area contributed by atoms with Gasteiger partial charge in [0.15, 0.2) is 0 Å². The minimum atomic E-state index is -4.19. The SMILES string of the molecule is CC/C(Br)=C/C(F)(F)F. The first-order valence-electron chi connectivity index (χ1n) is 2.39. The maximum Gasteiger partial charge on any atom is 0.410 e. The topological polar surface area (TPSA) is 0 Å². The summed E-state index contributed by atoms with van der Waals surface area (Å²) < 4.78 is 34.3. The standard InChI is InChI=1S/C5H6BrF3/c1-2-4(6)3-5(7,8)9/h3H,2H2,1H3/b4-3-. The molecule has 0 radical (unpaired) electrons. The van der Waals surface area contributed by atoms with Crippen molar-refractivity contribution in [3.63, 3.8) is 0 Å². The number of allylic oxidation sites excluding steroid dienone is 2. The first-order chi connectivity index (χ1) is 3.95. The Labute approximate surface area is 59.9 Å². The van der Waals surface area contributed by atoms with E-state index in [1.807, 2.05) is 0 Å². The predicted molar refractivity (Wildman–Crippen MR) is 33.4 cm³/mol. The second-order valence-electron chi connectivity index (χ2n) is 1.49. The maximum atomic E-state index is 11.4. The highest BCUT2D eigenvalue weighted by Gasteiger charge is 2.23. The van der Waals surface area contributed by atoms with Crippen LogP contribution in [0.2, 0.25) is 0 Å². The summed E-state index contributed by atoms with van der Waals surface area (Å²) in [5, 5.41) is 0. The van der Waals surface area contributed by atoms with E-state index in [1.165, 1.54) is 0 Å². The van der Waals surface area contributed by atoms with Crippen LogP contribution < -0.4 is 0 Å². The Bertz CT molecular complexity index is 114. The van der Waals surface area contributed by atoms with E-state index in [0.29, 0.717) is 6.42 Å². The smallest absolute Gasteiger partial charge is 0.167 e. The van der Waals surface area contributed by atoms with Gasteiger partial charge in [-0.2, -0.15) is 13.2 Å². The summed E-state index contributed by atoms with van der Waals surface area (Å²) in [4.78, 5) is 0. The van der Waals surface area contributed by atoms with Gasteiger partial charge in [0, 0.05) is 6.08 Å². The van der Waals surface area contributed by atoms with Crippen LogP contribution in [0.1, 0.15) is 13.3 Å². The van der Waals surface area contributed by atoms with E-state index in [1.54, 1.807) is 6.92 Å². The van der Waals surface area contributed by atoms with Gasteiger partial charge in [-0.15, -0.1) is 0 Å². The molecule has 0 nitrogen and oxygen atoms in total. The minimum Gasteiger partial charge on any atom is -0.167 e. The zero-order valence-corrected chi connectivity index (χ0v) is 6.38. The second-order valence-corrected chi connectivity index (χ2v) is 2.50. The third-order valence-corrected chi connectivity index (χ3v) is 1.45. The molecule has 0 aliphatic heterocycles. The van der Waals surface area contributed by atoms with Gasteiger partial charge in [-0.05, 0) is 10.9 Å². The minimum absolute atomic E-state index is 0.176. The molecule has 0 saturated heterocycles. The average Bonchev–Trinajstić information content (AvgIpc) is 1.62. The third-order valence-electron chi connectivity index (χ3n) is 0.658. The van der Waals surface area contributed by atoms with Crippen molar-refractivity contribution in [2.75, 3.05) is 0 Å². The normalized spacial score (nSPS) is 14.1. The monoisotopic (exact) mass is 202 g/mol. The Balaban J connectivity index is 3.95. The van der Waals surface area contributed by atoms with Gasteiger partial charge in [0.1, 0.15) is 0 Å². The van der Waals surface area contributed by atoms with Crippen LogP contribution in [0.5, 0.6) is 0 Å². The van der Waals surface area contributed by atoms with Crippen LogP contribution >= 0.6 is 15.9 Å². The first kappa shape index (κ1) is 9.01. The molecule has 9 heavy (non-hydrogen) atoms. The molecule has 0 aliphatic carbocycles. The van der Waals surface area contributed by atoms with Crippen LogP contribution in [0, 0.1) is 0 Å². The molecular weight excluding hydrogens is 197 g/mol. The van der Waals surface area contributed by atoms with E-state index >= 15 is 0 Å². The molecule has 0 heterocycles. The van der Waals surface area contributed by atoms with Crippen LogP contribution in [0.15, 0.2) is 10.6 Å². The summed E-state index contributed by atoms with van der Waals surface area (Å²) >= 11 is 2.75. The van der Waals surface area contributed by atoms with Gasteiger partial charge in [-0.1, -0.05) is 22.9 Å². The van der Waals surface area contributed by atoms with Gasteiger partial charge in [0.05, 0.1) is 0 Å². The van der Waals surface area contributed by atoms with Gasteiger partial charge in [-0.25, -0.2) is 0 Å². The lowest BCUT2D eigenvalue weighted by Crippen LogP contribution is -2.01. The Kier molecular flexibility index (Phi) is 3.25. The summed E-state index contributed by atoms with van der Waals surface area (Å²) in [5.41, 5.74) is 0. The maximum absolute atomic E-state index is 11.4. The molecular formula is C5H6BrF3. The van der Waals surface area contributed by atoms with Crippen molar-refractivity contribution in [2.45, 2.75) is 19.5 Å². The molecule has 0 amide bonds. The van der Waals surface area contributed by atoms with Crippen molar-refractivity contribution >= 4 is 15.9 Å². The summed E-state index contributed by atoms with van der Waals surface area (Å²) in [6.45, 7) is 1.65. The van der Waals surface area contributed by atoms with Crippen LogP contribution in [-0.2, 0) is 0 Å². The van der Waals surface area contributed by atoms with E-state index < -0.39 is 6.18 Å². The molecule has 0 fully saturated rings. The lowest BCUT2D eigenvalue weighted by Gasteiger charge is -1.98. The molecule has 0 atom stereocenters. The highest BCUT2D eigenvalue weighted by molar-refractivity contribution is 9.11. The fourth-order valence-electron chi connectivity index (χ4n) is 0.280. The van der Waals surface area contributed by atoms with Crippen molar-refractivity contribution in [2.24, 2.45) is 0 Å². The van der Waals surface area contributed by atoms with E-state index in [2.05, 4.69) is 15.9 Å². The van der Waals surface area contributed by atoms with Gasteiger partial charge in [0.25, 0.3) is 0 Å². The predicted octanol–water partition coefficient (Wildman–Crippen LogP) is 3.24. The Morgan fingerprint density at radius 3 is 2.11 bits per heavy atom. The van der Waals surface area contributed by atoms with E-state index in [4.69, 9.17) is 0 Å². The fraction of sp³-hybridized carbons (Fsp3) is 0.600. The summed E-state index contributed by atoms with van der Waals surface area (Å²) in [6, 6.07) is 0. The highest BCUT2D eigenvalue weighted by Crippen LogP contribution is 2.22. The van der Waals surface area contributed by atoms with Crippen molar-refractivity contribution < 1.29 is 13.2 Å². The molecule has 0 aromatic carbocycles. The molecule has 0 spiro atoms. The van der Waals surface area contributed by atoms with E-state index in [-0.39, 0.29) is 10.6 Å². The summed E-state index contributed by atoms with van der Waals surface area (Å²) in [6.07, 6.45) is -3.57. The molecule has 0 saturated carbocycles. The Morgan fingerprint density at radius 2 is 2.00 bits per heavy atom. The average molecular weight is 203 g/mol. The molecule has 0 unspecified atom stereocenters. The molecule has 0 aliphatic rings. The highest BCUT2D eigenvalue weighted by atomic mass is 79.9. The van der Waals surface area contributed by atoms with Gasteiger partial charge in [0.2, 0.25) is 0 Å². The zero-order valence-electron chi connectivity index (χ0n) is 4.80. The molecule has 0 bridgehead atoms. The zero-order chi connectivity index (χ0) is 7.49. The van der Waals surface area contributed by atoms with Crippen molar-refractivity contribution in [3.8, 4) is 0 Å². The largest absolute Gasteiger partial charge is 0.410 e. The number of alkyl halides is 3. The van der Waals surface area contributed by atoms with Crippen molar-refractivity contribution in [1.82, 2.24) is 0 Å². The van der Waals surface area contributed by atoms with Crippen molar-refractivity contribution in [1.29, 1.82) is 0 Å². The first-order valence-corrected chi connectivity index (χ1v) is 3.19. The molecule has 54 valence electrons. The van der Waals surface area contributed by atoms with Crippen LogP contribution in [0.25, 0.3) is 0 Å². The Hall–Kier alpha value is 0.01000. The van der Waals surface area contributed by atoms with Crippen LogP contribution in [-0.4, -0.2) is 6.18 Å². The van der Waals surface area contributed by atoms with Gasteiger partial charge < -0.3 is 0 Å². The summed E-state index contributed by atoms with van der Waals surface area (Å²) in [7, 11) is 0. The van der Waals surface area contributed by atoms with Gasteiger partial charge in [-0.3, -0.25) is 0 Å². The van der Waals surface area contributed by atoms with Crippen molar-refractivity contribution in [3.05, 3.63) is 10.6 Å². The number of hydrogen-bond donors (Lipinski definition) is 0. The second kappa shape index (κ2) is 3.25. The molecule has 0 rings (SSSR count). The summed E-state index contributed by atoms with van der Waals surface area (Å²) in [5.74, 6) is 0. The Morgan fingerprint density at radius 1 is 1.56 bits per heavy atom. The van der Waals surface area contributed by atoms with E-state index in [0.717, 1.165) is 0 Å². The van der Waals surface area contributed by atoms with Crippen LogP contribution in [0.3, 0.4) is 0 Å². The lowest BCUT2D eigenvalue weighted by atomic mass is 10.4. The third kappa shape index (κ3) is 5.89.